The number of nitro benzene ring substituents is 1. The van der Waals surface area contributed by atoms with Gasteiger partial charge in [-0.2, -0.15) is 0 Å². The van der Waals surface area contributed by atoms with Crippen LogP contribution in [0.4, 0.5) is 14.5 Å². The van der Waals surface area contributed by atoms with E-state index in [1.807, 2.05) is 27.7 Å². The first-order chi connectivity index (χ1) is 9.56. The topological polar surface area (TPSA) is 72.2 Å². The monoisotopic (exact) mass is 300 g/mol. The maximum Gasteiger partial charge on any atom is 0.285 e. The Morgan fingerprint density at radius 2 is 1.86 bits per heavy atom. The summed E-state index contributed by atoms with van der Waals surface area (Å²) in [5.41, 5.74) is -1.48. The van der Waals surface area contributed by atoms with Gasteiger partial charge in [-0.3, -0.25) is 14.9 Å². The fourth-order valence-corrected chi connectivity index (χ4v) is 1.48. The zero-order valence-electron chi connectivity index (χ0n) is 12.4. The molecule has 0 heterocycles. The van der Waals surface area contributed by atoms with Crippen molar-refractivity contribution in [2.75, 3.05) is 6.54 Å². The van der Waals surface area contributed by atoms with Crippen molar-refractivity contribution in [3.05, 3.63) is 39.4 Å². The molecule has 0 radical (unpaired) electrons. The minimum atomic E-state index is -1.36. The lowest BCUT2D eigenvalue weighted by Crippen LogP contribution is -2.37. The van der Waals surface area contributed by atoms with Gasteiger partial charge >= 0.3 is 0 Å². The Hall–Kier alpha value is -2.05. The molecule has 1 rings (SSSR count). The fraction of sp³-hybridized carbons (Fsp3) is 0.500. The first kappa shape index (κ1) is 17.0. The maximum atomic E-state index is 13.2. The summed E-state index contributed by atoms with van der Waals surface area (Å²) in [5.74, 6) is -3.19. The molecule has 0 aliphatic carbocycles. The highest BCUT2D eigenvalue weighted by atomic mass is 19.2. The Morgan fingerprint density at radius 1 is 1.33 bits per heavy atom. The quantitative estimate of drug-likeness (QED) is 0.670. The van der Waals surface area contributed by atoms with Crippen LogP contribution in [0.2, 0.25) is 0 Å². The van der Waals surface area contributed by atoms with Crippen molar-refractivity contribution in [2.24, 2.45) is 11.3 Å². The second kappa shape index (κ2) is 6.15. The summed E-state index contributed by atoms with van der Waals surface area (Å²) in [6.45, 7) is 8.08. The van der Waals surface area contributed by atoms with Gasteiger partial charge < -0.3 is 5.32 Å². The van der Waals surface area contributed by atoms with Crippen LogP contribution >= 0.6 is 0 Å². The van der Waals surface area contributed by atoms with E-state index in [0.717, 1.165) is 0 Å². The molecule has 0 saturated heterocycles. The van der Waals surface area contributed by atoms with Gasteiger partial charge in [0.05, 0.1) is 11.0 Å². The molecule has 0 unspecified atom stereocenters. The van der Waals surface area contributed by atoms with Crippen LogP contribution in [0.5, 0.6) is 0 Å². The fourth-order valence-electron chi connectivity index (χ4n) is 1.48. The van der Waals surface area contributed by atoms with Crippen molar-refractivity contribution in [2.45, 2.75) is 27.7 Å². The summed E-state index contributed by atoms with van der Waals surface area (Å²) in [4.78, 5) is 21.9. The van der Waals surface area contributed by atoms with E-state index in [9.17, 15) is 23.7 Å². The zero-order valence-corrected chi connectivity index (χ0v) is 12.4. The lowest BCUT2D eigenvalue weighted by molar-refractivity contribution is -0.385. The molecule has 21 heavy (non-hydrogen) atoms. The molecule has 0 bridgehead atoms. The molecule has 0 spiro atoms. The van der Waals surface area contributed by atoms with Crippen molar-refractivity contribution in [1.29, 1.82) is 0 Å². The average molecular weight is 300 g/mol. The summed E-state index contributed by atoms with van der Waals surface area (Å²) >= 11 is 0. The first-order valence-corrected chi connectivity index (χ1v) is 6.48. The van der Waals surface area contributed by atoms with Crippen LogP contribution in [0.25, 0.3) is 0 Å². The van der Waals surface area contributed by atoms with Gasteiger partial charge in [0.1, 0.15) is 5.56 Å². The first-order valence-electron chi connectivity index (χ1n) is 6.48. The molecule has 0 aliphatic rings. The summed E-state index contributed by atoms with van der Waals surface area (Å²) in [7, 11) is 0. The Bertz CT molecular complexity index is 572. The maximum absolute atomic E-state index is 13.2. The van der Waals surface area contributed by atoms with E-state index in [-0.39, 0.29) is 17.9 Å². The number of benzene rings is 1. The second-order valence-corrected chi connectivity index (χ2v) is 5.87. The number of carbonyl (C=O) groups is 1. The normalized spacial score (nSPS) is 11.6. The number of nitro groups is 1. The number of hydrogen-bond acceptors (Lipinski definition) is 3. The van der Waals surface area contributed by atoms with E-state index in [2.05, 4.69) is 5.32 Å². The van der Waals surface area contributed by atoms with E-state index in [1.165, 1.54) is 0 Å². The molecule has 1 aromatic carbocycles. The molecule has 0 aromatic heterocycles. The molecule has 0 atom stereocenters. The number of carbonyl (C=O) groups excluding carboxylic acids is 1. The van der Waals surface area contributed by atoms with Gasteiger partial charge in [0.15, 0.2) is 11.6 Å². The zero-order chi connectivity index (χ0) is 16.4. The summed E-state index contributed by atoms with van der Waals surface area (Å²) in [5, 5.41) is 13.4. The summed E-state index contributed by atoms with van der Waals surface area (Å²) < 4.78 is 26.3. The Morgan fingerprint density at radius 3 is 2.33 bits per heavy atom. The van der Waals surface area contributed by atoms with Crippen molar-refractivity contribution in [3.63, 3.8) is 0 Å². The van der Waals surface area contributed by atoms with Gasteiger partial charge in [-0.25, -0.2) is 8.78 Å². The van der Waals surface area contributed by atoms with Crippen LogP contribution in [-0.2, 0) is 0 Å². The minimum absolute atomic E-state index is 0.233. The van der Waals surface area contributed by atoms with Crippen molar-refractivity contribution >= 4 is 11.6 Å². The third-order valence-corrected chi connectivity index (χ3v) is 3.75. The predicted molar refractivity (Wildman–Crippen MR) is 74.0 cm³/mol. The van der Waals surface area contributed by atoms with Crippen LogP contribution in [0.3, 0.4) is 0 Å². The number of amides is 1. The van der Waals surface area contributed by atoms with Crippen LogP contribution in [0.15, 0.2) is 12.1 Å². The highest BCUT2D eigenvalue weighted by molar-refractivity contribution is 5.98. The smallest absolute Gasteiger partial charge is 0.285 e. The van der Waals surface area contributed by atoms with Gasteiger partial charge in [-0.05, 0) is 17.4 Å². The number of rotatable bonds is 5. The molecular formula is C14H18F2N2O3. The van der Waals surface area contributed by atoms with Crippen molar-refractivity contribution in [1.82, 2.24) is 5.32 Å². The van der Waals surface area contributed by atoms with Gasteiger partial charge in [-0.1, -0.05) is 27.7 Å². The minimum Gasteiger partial charge on any atom is -0.351 e. The molecule has 1 N–H and O–H groups in total. The van der Waals surface area contributed by atoms with Gasteiger partial charge in [0, 0.05) is 6.54 Å². The van der Waals surface area contributed by atoms with Crippen LogP contribution in [0, 0.1) is 33.1 Å². The van der Waals surface area contributed by atoms with Gasteiger partial charge in [0.25, 0.3) is 11.6 Å². The van der Waals surface area contributed by atoms with Crippen molar-refractivity contribution in [3.8, 4) is 0 Å². The van der Waals surface area contributed by atoms with Crippen LogP contribution < -0.4 is 5.32 Å². The van der Waals surface area contributed by atoms with E-state index in [4.69, 9.17) is 0 Å². The van der Waals surface area contributed by atoms with E-state index in [1.54, 1.807) is 0 Å². The Labute approximate surface area is 121 Å². The third-order valence-electron chi connectivity index (χ3n) is 3.75. The van der Waals surface area contributed by atoms with Crippen molar-refractivity contribution < 1.29 is 18.5 Å². The molecule has 116 valence electrons. The molecule has 0 fully saturated rings. The number of nitrogens with zero attached hydrogens (tertiary/aromatic N) is 1. The summed E-state index contributed by atoms with van der Waals surface area (Å²) in [6, 6.07) is 0.961. The molecule has 1 amide bonds. The molecule has 0 aliphatic heterocycles. The molecule has 5 nitrogen and oxygen atoms in total. The Balaban J connectivity index is 3.03. The SMILES string of the molecule is CC(C)C(C)(C)CNC(=O)c1cc(F)c(F)cc1[N+](=O)[O-]. The van der Waals surface area contributed by atoms with E-state index in [0.29, 0.717) is 12.1 Å². The molecule has 7 heteroatoms. The molecular weight excluding hydrogens is 282 g/mol. The average Bonchev–Trinajstić information content (AvgIpc) is 2.38. The highest BCUT2D eigenvalue weighted by Gasteiger charge is 2.27. The van der Waals surface area contributed by atoms with E-state index < -0.39 is 33.7 Å². The predicted octanol–water partition coefficient (Wildman–Crippen LogP) is 3.29. The molecule has 1 aromatic rings. The second-order valence-electron chi connectivity index (χ2n) is 5.87. The number of nitrogens with one attached hydrogen (secondary N) is 1. The van der Waals surface area contributed by atoms with Gasteiger partial charge in [0.2, 0.25) is 0 Å². The standard InChI is InChI=1S/C14H18F2N2O3/c1-8(2)14(3,4)7-17-13(19)9-5-10(15)11(16)6-12(9)18(20)21/h5-6,8H,7H2,1-4H3,(H,17,19). The van der Waals surface area contributed by atoms with Gasteiger partial charge in [-0.15, -0.1) is 0 Å². The van der Waals surface area contributed by atoms with Crippen LogP contribution in [-0.4, -0.2) is 17.4 Å². The Kier molecular flexibility index (Phi) is 4.98. The number of hydrogen-bond donors (Lipinski definition) is 1. The lowest BCUT2D eigenvalue weighted by atomic mass is 9.81. The molecule has 0 saturated carbocycles. The lowest BCUT2D eigenvalue weighted by Gasteiger charge is -2.29. The summed E-state index contributed by atoms with van der Waals surface area (Å²) in [6.07, 6.45) is 0. The highest BCUT2D eigenvalue weighted by Crippen LogP contribution is 2.26. The van der Waals surface area contributed by atoms with E-state index >= 15 is 0 Å². The third kappa shape index (κ3) is 3.96. The largest absolute Gasteiger partial charge is 0.351 e. The number of halogens is 2. The van der Waals surface area contributed by atoms with Crippen LogP contribution in [0.1, 0.15) is 38.1 Å².